The first-order valence-electron chi connectivity index (χ1n) is 0. The molecule has 0 aromatic carbocycles. The first-order chi connectivity index (χ1) is 0. The summed E-state index contributed by atoms with van der Waals surface area (Å²) in [6, 6.07) is 0. The molecule has 0 radical (unpaired) electrons. The Kier molecular flexibility index (Phi) is 145. The topological polar surface area (TPSA) is 0 Å². The Hall–Kier alpha value is 2.43. The zero-order chi connectivity index (χ0) is 0. The molecule has 4 heteroatoms. The monoisotopic (exact) mass is 390 g/mol. The molecule has 0 aliphatic rings. The molecule has 0 atom stereocenters. The molecule has 0 rings (SSSR count). The van der Waals surface area contributed by atoms with E-state index in [-0.39, 0.29) is 76.6 Å². The van der Waals surface area contributed by atoms with Crippen molar-refractivity contribution in [1.29, 1.82) is 0 Å². The van der Waals surface area contributed by atoms with Crippen molar-refractivity contribution in [2.75, 3.05) is 0 Å². The standard InChI is InChI=1S/Cr.Fe.Mo.W. The maximum atomic E-state index is 0. The maximum Gasteiger partial charge on any atom is 0 e. The van der Waals surface area contributed by atoms with Gasteiger partial charge in [0.15, 0.2) is 0 Å². The van der Waals surface area contributed by atoms with E-state index in [4.69, 9.17) is 0 Å². The van der Waals surface area contributed by atoms with Gasteiger partial charge in [-0.05, 0) is 0 Å². The molecule has 0 bridgehead atoms. The van der Waals surface area contributed by atoms with Crippen LogP contribution in [0.1, 0.15) is 0 Å². The fraction of sp³-hybridized carbons (Fsp3) is 0. The first kappa shape index (κ1) is 32.1. The predicted octanol–water partition coefficient (Wildman–Crippen LogP) is -0.0100. The third kappa shape index (κ3) is 8.83. The Balaban J connectivity index is 0. The summed E-state index contributed by atoms with van der Waals surface area (Å²) in [7, 11) is 0. The van der Waals surface area contributed by atoms with Crippen LogP contribution >= 0.6 is 0 Å². The maximum absolute atomic E-state index is 0. The third-order valence-corrected chi connectivity index (χ3v) is 0. The molecule has 0 fully saturated rings. The van der Waals surface area contributed by atoms with E-state index in [1.165, 1.54) is 0 Å². The Morgan fingerprint density at radius 2 is 1.00 bits per heavy atom. The van der Waals surface area contributed by atoms with Crippen LogP contribution in [0.25, 0.3) is 0 Å². The Bertz CT molecular complexity index is 8.00. The van der Waals surface area contributed by atoms with E-state index in [1.54, 1.807) is 0 Å². The molecule has 26 valence electrons. The second-order valence-electron chi connectivity index (χ2n) is 0. The zero-order valence-corrected chi connectivity index (χ0v) is 8.90. The van der Waals surface area contributed by atoms with Gasteiger partial charge in [0.05, 0.1) is 0 Å². The predicted molar refractivity (Wildman–Crippen MR) is 0 cm³/mol. The minimum atomic E-state index is 0. The Labute approximate surface area is 75.6 Å². The molecule has 0 spiro atoms. The van der Waals surface area contributed by atoms with E-state index < -0.39 is 0 Å². The van der Waals surface area contributed by atoms with Gasteiger partial charge < -0.3 is 0 Å². The molecule has 4 heavy (non-hydrogen) atoms. The fourth-order valence-electron chi connectivity index (χ4n) is 0. The van der Waals surface area contributed by atoms with Gasteiger partial charge in [-0.3, -0.25) is 0 Å². The summed E-state index contributed by atoms with van der Waals surface area (Å²) in [6.07, 6.45) is 0. The fourth-order valence-corrected chi connectivity index (χ4v) is 0. The van der Waals surface area contributed by atoms with Crippen LogP contribution in [0.4, 0.5) is 0 Å². The molecule has 0 amide bonds. The molecule has 0 unspecified atom stereocenters. The Morgan fingerprint density at radius 1 is 1.00 bits per heavy atom. The third-order valence-electron chi connectivity index (χ3n) is 0. The summed E-state index contributed by atoms with van der Waals surface area (Å²) in [5, 5.41) is 0. The molecule has 0 nitrogen and oxygen atoms in total. The molecular formula is CrFeMoW. The van der Waals surface area contributed by atoms with Gasteiger partial charge in [0, 0.05) is 76.6 Å². The van der Waals surface area contributed by atoms with Crippen molar-refractivity contribution in [3.05, 3.63) is 0 Å². The van der Waals surface area contributed by atoms with E-state index in [0.29, 0.717) is 0 Å². The van der Waals surface area contributed by atoms with Crippen molar-refractivity contribution in [2.24, 2.45) is 0 Å². The average Bonchev–Trinajstić information content (AvgIpc) is 0. The zero-order valence-electron chi connectivity index (χ0n) is 1.58. The molecule has 0 aliphatic carbocycles. The molecule has 0 aromatic rings. The smallest absolute Gasteiger partial charge is 0 e. The van der Waals surface area contributed by atoms with Crippen LogP contribution < -0.4 is 0 Å². The second kappa shape index (κ2) is 18.1. The van der Waals surface area contributed by atoms with Crippen molar-refractivity contribution in [2.45, 2.75) is 0 Å². The van der Waals surface area contributed by atoms with Crippen molar-refractivity contribution in [3.8, 4) is 0 Å². The van der Waals surface area contributed by atoms with Crippen LogP contribution in [0.3, 0.4) is 0 Å². The normalized spacial score (nSPS) is 0. The summed E-state index contributed by atoms with van der Waals surface area (Å²) in [5.74, 6) is 0. The minimum absolute atomic E-state index is 0. The molecule has 0 N–H and O–H groups in total. The quantitative estimate of drug-likeness (QED) is 0.513. The van der Waals surface area contributed by atoms with Crippen LogP contribution in [0.15, 0.2) is 0 Å². The van der Waals surface area contributed by atoms with E-state index in [2.05, 4.69) is 0 Å². The van der Waals surface area contributed by atoms with Gasteiger partial charge in [0.25, 0.3) is 0 Å². The number of rotatable bonds is 0. The van der Waals surface area contributed by atoms with Gasteiger partial charge in [-0.25, -0.2) is 0 Å². The van der Waals surface area contributed by atoms with Crippen molar-refractivity contribution in [3.63, 3.8) is 0 Å². The number of hydrogen-bond donors (Lipinski definition) is 0. The molecule has 0 aliphatic heterocycles. The molecule has 0 saturated carbocycles. The van der Waals surface area contributed by atoms with Crippen LogP contribution in [0.2, 0.25) is 0 Å². The van der Waals surface area contributed by atoms with Gasteiger partial charge in [0.2, 0.25) is 0 Å². The van der Waals surface area contributed by atoms with Gasteiger partial charge in [0.1, 0.15) is 0 Å². The van der Waals surface area contributed by atoms with Crippen LogP contribution in [-0.4, -0.2) is 0 Å². The van der Waals surface area contributed by atoms with Gasteiger partial charge in [-0.2, -0.15) is 0 Å². The largest absolute Gasteiger partial charge is 0 e. The van der Waals surface area contributed by atoms with E-state index in [0.717, 1.165) is 0 Å². The SMILES string of the molecule is [Cr].[Fe].[Mo].[W]. The summed E-state index contributed by atoms with van der Waals surface area (Å²) in [6.45, 7) is 0. The second-order valence-corrected chi connectivity index (χ2v) is 0. The average molecular weight is 388 g/mol. The summed E-state index contributed by atoms with van der Waals surface area (Å²) in [5.41, 5.74) is 0. The van der Waals surface area contributed by atoms with Crippen molar-refractivity contribution < 1.29 is 76.6 Å². The van der Waals surface area contributed by atoms with E-state index in [9.17, 15) is 0 Å². The molecular weight excluding hydrogens is 388 g/mol. The van der Waals surface area contributed by atoms with E-state index in [1.807, 2.05) is 0 Å². The minimum Gasteiger partial charge on any atom is 0 e. The van der Waals surface area contributed by atoms with Crippen molar-refractivity contribution in [1.82, 2.24) is 0 Å². The molecule has 0 saturated heterocycles. The van der Waals surface area contributed by atoms with E-state index >= 15 is 0 Å². The molecule has 0 aromatic heterocycles. The summed E-state index contributed by atoms with van der Waals surface area (Å²) in [4.78, 5) is 0. The van der Waals surface area contributed by atoms with Gasteiger partial charge in [-0.15, -0.1) is 0 Å². The van der Waals surface area contributed by atoms with Gasteiger partial charge >= 0.3 is 0 Å². The summed E-state index contributed by atoms with van der Waals surface area (Å²) >= 11 is 0. The first-order valence-corrected chi connectivity index (χ1v) is 0. The van der Waals surface area contributed by atoms with Gasteiger partial charge in [-0.1, -0.05) is 0 Å². The molecule has 0 heterocycles. The van der Waals surface area contributed by atoms with Crippen molar-refractivity contribution >= 4 is 0 Å². The van der Waals surface area contributed by atoms with Crippen LogP contribution in [0.5, 0.6) is 0 Å². The van der Waals surface area contributed by atoms with Crippen LogP contribution in [-0.2, 0) is 76.6 Å². The Morgan fingerprint density at radius 3 is 1.00 bits per heavy atom. The van der Waals surface area contributed by atoms with Crippen LogP contribution in [0, 0.1) is 0 Å². The summed E-state index contributed by atoms with van der Waals surface area (Å²) < 4.78 is 0. The number of hydrogen-bond acceptors (Lipinski definition) is 0.